The number of benzene rings is 2. The molecule has 2 aromatic carbocycles. The summed E-state index contributed by atoms with van der Waals surface area (Å²) in [5.41, 5.74) is 1.09. The maximum Gasteiger partial charge on any atom is 0.339 e. The largest absolute Gasteiger partial charge is 0.493 e. The van der Waals surface area contributed by atoms with Gasteiger partial charge in [-0.15, -0.1) is 23.5 Å². The Morgan fingerprint density at radius 3 is 2.38 bits per heavy atom. The van der Waals surface area contributed by atoms with E-state index in [0.717, 1.165) is 17.1 Å². The van der Waals surface area contributed by atoms with Gasteiger partial charge in [0.1, 0.15) is 17.3 Å². The molecular weight excluding hydrogens is 432 g/mol. The molecule has 0 aliphatic carbocycles. The molecule has 0 aromatic heterocycles. The fourth-order valence-corrected chi connectivity index (χ4v) is 6.46. The van der Waals surface area contributed by atoms with Crippen LogP contribution in [0.25, 0.3) is 0 Å². The molecule has 1 fully saturated rings. The number of hydrogen-bond donors (Lipinski definition) is 0. The van der Waals surface area contributed by atoms with E-state index in [-0.39, 0.29) is 10.6 Å². The molecular formula is C20H24O6S3. The molecule has 3 rings (SSSR count). The van der Waals surface area contributed by atoms with E-state index in [4.69, 9.17) is 18.4 Å². The van der Waals surface area contributed by atoms with Gasteiger partial charge in [-0.05, 0) is 48.9 Å². The first-order valence-electron chi connectivity index (χ1n) is 9.19. The molecule has 1 aliphatic heterocycles. The van der Waals surface area contributed by atoms with Gasteiger partial charge in [-0.1, -0.05) is 6.07 Å². The standard InChI is InChI=1S/C20H24O6S3/c1-3-24-10-11-25-16-5-7-17(8-6-16)29(21,22)26-18-9-4-15(14-19(18)23-2)20-27-12-13-28-20/h4-9,14,20H,3,10-13H2,1-2H3. The van der Waals surface area contributed by atoms with Crippen molar-refractivity contribution in [1.82, 2.24) is 0 Å². The van der Waals surface area contributed by atoms with Gasteiger partial charge in [0.25, 0.3) is 0 Å². The summed E-state index contributed by atoms with van der Waals surface area (Å²) in [7, 11) is -2.49. The second-order valence-electron chi connectivity index (χ2n) is 6.04. The fraction of sp³-hybridized carbons (Fsp3) is 0.400. The molecule has 9 heteroatoms. The zero-order valence-electron chi connectivity index (χ0n) is 16.3. The van der Waals surface area contributed by atoms with Crippen LogP contribution in [0, 0.1) is 0 Å². The van der Waals surface area contributed by atoms with Crippen LogP contribution in [0.5, 0.6) is 17.2 Å². The van der Waals surface area contributed by atoms with Crippen molar-refractivity contribution in [3.63, 3.8) is 0 Å². The lowest BCUT2D eigenvalue weighted by Crippen LogP contribution is -2.11. The van der Waals surface area contributed by atoms with Crippen molar-refractivity contribution < 1.29 is 26.8 Å². The summed E-state index contributed by atoms with van der Waals surface area (Å²) in [5.74, 6) is 3.35. The van der Waals surface area contributed by atoms with Crippen LogP contribution in [0.3, 0.4) is 0 Å². The van der Waals surface area contributed by atoms with E-state index in [0.29, 0.717) is 35.9 Å². The third kappa shape index (κ3) is 5.97. The normalized spacial score (nSPS) is 14.7. The number of thioether (sulfide) groups is 2. The average molecular weight is 457 g/mol. The maximum absolute atomic E-state index is 12.7. The molecule has 1 saturated heterocycles. The summed E-state index contributed by atoms with van der Waals surface area (Å²) < 4.78 is 47.1. The molecule has 0 bridgehead atoms. The Hall–Kier alpha value is -1.55. The SMILES string of the molecule is CCOCCOc1ccc(S(=O)(=O)Oc2ccc(C3SCCS3)cc2OC)cc1. The van der Waals surface area contributed by atoms with Gasteiger partial charge in [-0.25, -0.2) is 0 Å². The Labute approximate surface area is 180 Å². The number of methoxy groups -OCH3 is 1. The van der Waals surface area contributed by atoms with Crippen LogP contribution in [0.4, 0.5) is 0 Å². The quantitative estimate of drug-likeness (QED) is 0.386. The summed E-state index contributed by atoms with van der Waals surface area (Å²) in [5, 5.41) is 0. The maximum atomic E-state index is 12.7. The molecule has 1 heterocycles. The second-order valence-corrected chi connectivity index (χ2v) is 10.3. The highest BCUT2D eigenvalue weighted by molar-refractivity contribution is 8.19. The highest BCUT2D eigenvalue weighted by atomic mass is 32.2. The Morgan fingerprint density at radius 2 is 1.72 bits per heavy atom. The molecule has 158 valence electrons. The molecule has 0 amide bonds. The van der Waals surface area contributed by atoms with Gasteiger partial charge in [-0.3, -0.25) is 0 Å². The molecule has 0 spiro atoms. The first kappa shape index (κ1) is 22.1. The third-order valence-electron chi connectivity index (χ3n) is 4.09. The second kappa shape index (κ2) is 10.5. The van der Waals surface area contributed by atoms with Gasteiger partial charge in [0, 0.05) is 18.1 Å². The molecule has 29 heavy (non-hydrogen) atoms. The van der Waals surface area contributed by atoms with Crippen LogP contribution in [-0.2, 0) is 14.9 Å². The summed E-state index contributed by atoms with van der Waals surface area (Å²) in [6.45, 7) is 3.42. The van der Waals surface area contributed by atoms with Crippen molar-refractivity contribution in [1.29, 1.82) is 0 Å². The molecule has 1 aliphatic rings. The van der Waals surface area contributed by atoms with Gasteiger partial charge in [-0.2, -0.15) is 8.42 Å². The van der Waals surface area contributed by atoms with Crippen molar-refractivity contribution in [2.75, 3.05) is 38.4 Å². The smallest absolute Gasteiger partial charge is 0.339 e. The summed E-state index contributed by atoms with van der Waals surface area (Å²) in [4.78, 5) is 0.0442. The van der Waals surface area contributed by atoms with Crippen LogP contribution in [0.1, 0.15) is 17.1 Å². The summed E-state index contributed by atoms with van der Waals surface area (Å²) in [6, 6.07) is 11.5. The Kier molecular flexibility index (Phi) is 7.99. The van der Waals surface area contributed by atoms with Crippen molar-refractivity contribution in [3.8, 4) is 17.2 Å². The minimum atomic E-state index is -3.99. The Balaban J connectivity index is 1.69. The molecule has 2 aromatic rings. The summed E-state index contributed by atoms with van der Waals surface area (Å²) >= 11 is 3.74. The third-order valence-corrected chi connectivity index (χ3v) is 8.45. The topological polar surface area (TPSA) is 71.1 Å². The zero-order chi connectivity index (χ0) is 20.7. The number of ether oxygens (including phenoxy) is 3. The molecule has 0 atom stereocenters. The predicted octanol–water partition coefficient (Wildman–Crippen LogP) is 4.36. The molecule has 0 saturated carbocycles. The Bertz CT molecular complexity index is 893. The number of hydrogen-bond acceptors (Lipinski definition) is 8. The van der Waals surface area contributed by atoms with Gasteiger partial charge in [0.2, 0.25) is 0 Å². The summed E-state index contributed by atoms with van der Waals surface area (Å²) in [6.07, 6.45) is 0. The van der Waals surface area contributed by atoms with Crippen LogP contribution in [0.2, 0.25) is 0 Å². The highest BCUT2D eigenvalue weighted by Gasteiger charge is 2.23. The van der Waals surface area contributed by atoms with E-state index in [1.54, 1.807) is 18.2 Å². The van der Waals surface area contributed by atoms with E-state index in [2.05, 4.69) is 0 Å². The average Bonchev–Trinajstić information content (AvgIpc) is 3.26. The van der Waals surface area contributed by atoms with E-state index < -0.39 is 10.1 Å². The van der Waals surface area contributed by atoms with Gasteiger partial charge >= 0.3 is 10.1 Å². The van der Waals surface area contributed by atoms with Crippen molar-refractivity contribution in [2.24, 2.45) is 0 Å². The van der Waals surface area contributed by atoms with E-state index in [1.807, 2.05) is 42.6 Å². The lowest BCUT2D eigenvalue weighted by molar-refractivity contribution is 0.110. The van der Waals surface area contributed by atoms with Crippen LogP contribution in [0.15, 0.2) is 47.4 Å². The lowest BCUT2D eigenvalue weighted by Gasteiger charge is -2.14. The zero-order valence-corrected chi connectivity index (χ0v) is 18.8. The first-order valence-corrected chi connectivity index (χ1v) is 12.7. The molecule has 0 N–H and O–H groups in total. The minimum absolute atomic E-state index is 0.0442. The Morgan fingerprint density at radius 1 is 1.00 bits per heavy atom. The minimum Gasteiger partial charge on any atom is -0.493 e. The van der Waals surface area contributed by atoms with E-state index in [1.165, 1.54) is 19.2 Å². The fourth-order valence-electron chi connectivity index (χ4n) is 2.68. The van der Waals surface area contributed by atoms with Crippen molar-refractivity contribution in [2.45, 2.75) is 16.4 Å². The molecule has 6 nitrogen and oxygen atoms in total. The predicted molar refractivity (Wildman–Crippen MR) is 117 cm³/mol. The van der Waals surface area contributed by atoms with Crippen LogP contribution >= 0.6 is 23.5 Å². The highest BCUT2D eigenvalue weighted by Crippen LogP contribution is 2.47. The van der Waals surface area contributed by atoms with Crippen molar-refractivity contribution in [3.05, 3.63) is 48.0 Å². The molecule has 0 radical (unpaired) electrons. The van der Waals surface area contributed by atoms with Gasteiger partial charge in [0.15, 0.2) is 11.5 Å². The van der Waals surface area contributed by atoms with E-state index >= 15 is 0 Å². The van der Waals surface area contributed by atoms with Crippen LogP contribution in [-0.4, -0.2) is 46.9 Å². The van der Waals surface area contributed by atoms with Gasteiger partial charge in [0.05, 0.1) is 18.3 Å². The van der Waals surface area contributed by atoms with Crippen molar-refractivity contribution >= 4 is 33.6 Å². The van der Waals surface area contributed by atoms with Crippen LogP contribution < -0.4 is 13.7 Å². The lowest BCUT2D eigenvalue weighted by atomic mass is 10.2. The number of rotatable bonds is 10. The first-order chi connectivity index (χ1) is 14.0. The molecule has 0 unspecified atom stereocenters. The van der Waals surface area contributed by atoms with E-state index in [9.17, 15) is 8.42 Å². The monoisotopic (exact) mass is 456 g/mol. The van der Waals surface area contributed by atoms with Gasteiger partial charge < -0.3 is 18.4 Å².